The predicted molar refractivity (Wildman–Crippen MR) is 69.8 cm³/mol. The molecule has 0 aliphatic heterocycles. The summed E-state index contributed by atoms with van der Waals surface area (Å²) < 4.78 is 0. The molecule has 1 aromatic heterocycles. The molecule has 1 amide bonds. The standard InChI is InChI=1S/C12H9ClN4O2/c13-9-4-3-8(2-1-5-18)10(6-9)15-12(19)11-7-14-17-16-11/h3-4,6-7,18H,5H2,(H,15,19)(H,14,16,17). The number of nitrogens with one attached hydrogen (secondary N) is 2. The molecule has 2 rings (SSSR count). The number of hydrogen-bond acceptors (Lipinski definition) is 4. The van der Waals surface area contributed by atoms with Gasteiger partial charge in [0.05, 0.1) is 11.9 Å². The highest BCUT2D eigenvalue weighted by Crippen LogP contribution is 2.20. The number of carbonyl (C=O) groups excluding carboxylic acids is 1. The lowest BCUT2D eigenvalue weighted by Crippen LogP contribution is -2.13. The molecule has 0 fully saturated rings. The van der Waals surface area contributed by atoms with E-state index in [1.165, 1.54) is 6.20 Å². The Morgan fingerprint density at radius 3 is 3.05 bits per heavy atom. The Balaban J connectivity index is 2.28. The van der Waals surface area contributed by atoms with Crippen LogP contribution < -0.4 is 5.32 Å². The quantitative estimate of drug-likeness (QED) is 0.715. The normalized spacial score (nSPS) is 9.58. The molecule has 0 saturated heterocycles. The van der Waals surface area contributed by atoms with Gasteiger partial charge in [0, 0.05) is 10.6 Å². The van der Waals surface area contributed by atoms with Crippen molar-refractivity contribution < 1.29 is 9.90 Å². The van der Waals surface area contributed by atoms with Gasteiger partial charge in [-0.05, 0) is 18.2 Å². The van der Waals surface area contributed by atoms with Gasteiger partial charge in [-0.25, -0.2) is 0 Å². The van der Waals surface area contributed by atoms with Crippen LogP contribution in [0.15, 0.2) is 24.4 Å². The lowest BCUT2D eigenvalue weighted by Gasteiger charge is -2.06. The number of aromatic nitrogens is 3. The van der Waals surface area contributed by atoms with Crippen LogP contribution in [0, 0.1) is 11.8 Å². The molecular formula is C12H9ClN4O2. The zero-order valence-corrected chi connectivity index (χ0v) is 10.4. The summed E-state index contributed by atoms with van der Waals surface area (Å²) in [6.07, 6.45) is 1.30. The molecular weight excluding hydrogens is 268 g/mol. The Bertz CT molecular complexity index is 643. The summed E-state index contributed by atoms with van der Waals surface area (Å²) >= 11 is 5.88. The fraction of sp³-hybridized carbons (Fsp3) is 0.0833. The molecule has 19 heavy (non-hydrogen) atoms. The lowest BCUT2D eigenvalue weighted by atomic mass is 10.1. The first-order valence-corrected chi connectivity index (χ1v) is 5.65. The zero-order chi connectivity index (χ0) is 13.7. The molecule has 0 aliphatic rings. The van der Waals surface area contributed by atoms with E-state index >= 15 is 0 Å². The summed E-state index contributed by atoms with van der Waals surface area (Å²) in [6, 6.07) is 4.87. The molecule has 7 heteroatoms. The van der Waals surface area contributed by atoms with E-state index < -0.39 is 5.91 Å². The Morgan fingerprint density at radius 1 is 1.53 bits per heavy atom. The molecule has 0 spiro atoms. The van der Waals surface area contributed by atoms with E-state index in [-0.39, 0.29) is 12.3 Å². The lowest BCUT2D eigenvalue weighted by molar-refractivity contribution is 0.102. The second-order valence-electron chi connectivity index (χ2n) is 3.46. The minimum atomic E-state index is -0.428. The van der Waals surface area contributed by atoms with Gasteiger partial charge in [-0.2, -0.15) is 15.4 Å². The Kier molecular flexibility index (Phi) is 4.13. The second kappa shape index (κ2) is 6.00. The van der Waals surface area contributed by atoms with Crippen molar-refractivity contribution in [3.05, 3.63) is 40.7 Å². The van der Waals surface area contributed by atoms with Gasteiger partial charge < -0.3 is 10.4 Å². The number of nitrogens with zero attached hydrogens (tertiary/aromatic N) is 2. The second-order valence-corrected chi connectivity index (χ2v) is 3.90. The van der Waals surface area contributed by atoms with Crippen LogP contribution in [0.2, 0.25) is 5.02 Å². The summed E-state index contributed by atoms with van der Waals surface area (Å²) in [7, 11) is 0. The molecule has 6 nitrogen and oxygen atoms in total. The van der Waals surface area contributed by atoms with Crippen LogP contribution in [0.3, 0.4) is 0 Å². The van der Waals surface area contributed by atoms with E-state index in [0.717, 1.165) is 0 Å². The number of carbonyl (C=O) groups is 1. The fourth-order valence-electron chi connectivity index (χ4n) is 1.36. The van der Waals surface area contributed by atoms with E-state index in [9.17, 15) is 4.79 Å². The van der Waals surface area contributed by atoms with Crippen molar-refractivity contribution in [1.29, 1.82) is 0 Å². The van der Waals surface area contributed by atoms with Crippen molar-refractivity contribution in [1.82, 2.24) is 15.4 Å². The number of benzene rings is 1. The van der Waals surface area contributed by atoms with Crippen LogP contribution in [0.5, 0.6) is 0 Å². The molecule has 1 aromatic carbocycles. The largest absolute Gasteiger partial charge is 0.384 e. The average molecular weight is 277 g/mol. The molecule has 0 atom stereocenters. The average Bonchev–Trinajstić information content (AvgIpc) is 2.92. The van der Waals surface area contributed by atoms with Crippen LogP contribution in [-0.4, -0.2) is 33.0 Å². The van der Waals surface area contributed by atoms with Gasteiger partial charge in [0.25, 0.3) is 5.91 Å². The van der Waals surface area contributed by atoms with E-state index in [4.69, 9.17) is 16.7 Å². The number of aliphatic hydroxyl groups excluding tert-OH is 1. The van der Waals surface area contributed by atoms with Crippen LogP contribution in [0.25, 0.3) is 0 Å². The van der Waals surface area contributed by atoms with E-state index in [1.807, 2.05) is 0 Å². The molecule has 0 radical (unpaired) electrons. The number of anilines is 1. The van der Waals surface area contributed by atoms with Gasteiger partial charge in [-0.3, -0.25) is 4.79 Å². The van der Waals surface area contributed by atoms with Crippen molar-refractivity contribution in [2.24, 2.45) is 0 Å². The number of rotatable bonds is 2. The molecule has 0 saturated carbocycles. The Labute approximate surface area is 113 Å². The van der Waals surface area contributed by atoms with Crippen LogP contribution in [-0.2, 0) is 0 Å². The van der Waals surface area contributed by atoms with E-state index in [0.29, 0.717) is 16.3 Å². The number of hydrogen-bond donors (Lipinski definition) is 3. The van der Waals surface area contributed by atoms with Crippen molar-refractivity contribution in [3.8, 4) is 11.8 Å². The number of aromatic amines is 1. The maximum absolute atomic E-state index is 11.8. The minimum Gasteiger partial charge on any atom is -0.384 e. The number of aliphatic hydroxyl groups is 1. The predicted octanol–water partition coefficient (Wildman–Crippen LogP) is 1.05. The van der Waals surface area contributed by atoms with Crippen molar-refractivity contribution >= 4 is 23.2 Å². The maximum Gasteiger partial charge on any atom is 0.277 e. The molecule has 1 heterocycles. The van der Waals surface area contributed by atoms with Gasteiger partial charge in [0.15, 0.2) is 5.69 Å². The highest BCUT2D eigenvalue weighted by atomic mass is 35.5. The van der Waals surface area contributed by atoms with Gasteiger partial charge in [0.1, 0.15) is 6.61 Å². The highest BCUT2D eigenvalue weighted by molar-refractivity contribution is 6.31. The molecule has 0 aliphatic carbocycles. The van der Waals surface area contributed by atoms with Crippen molar-refractivity contribution in [2.45, 2.75) is 0 Å². The summed E-state index contributed by atoms with van der Waals surface area (Å²) in [4.78, 5) is 11.8. The van der Waals surface area contributed by atoms with Gasteiger partial charge in [0.2, 0.25) is 0 Å². The third kappa shape index (κ3) is 3.31. The van der Waals surface area contributed by atoms with E-state index in [1.54, 1.807) is 18.2 Å². The first-order valence-electron chi connectivity index (χ1n) is 5.27. The SMILES string of the molecule is O=C(Nc1cc(Cl)ccc1C#CCO)c1cn[nH]n1. The number of amides is 1. The molecule has 2 aromatic rings. The maximum atomic E-state index is 11.8. The van der Waals surface area contributed by atoms with E-state index in [2.05, 4.69) is 32.6 Å². The fourth-order valence-corrected chi connectivity index (χ4v) is 1.53. The van der Waals surface area contributed by atoms with Crippen LogP contribution in [0.1, 0.15) is 16.1 Å². The first kappa shape index (κ1) is 13.1. The summed E-state index contributed by atoms with van der Waals surface area (Å²) in [5.74, 6) is 4.81. The summed E-state index contributed by atoms with van der Waals surface area (Å²) in [5, 5.41) is 21.4. The Hall–Kier alpha value is -2.36. The molecule has 3 N–H and O–H groups in total. The highest BCUT2D eigenvalue weighted by Gasteiger charge is 2.11. The van der Waals surface area contributed by atoms with Crippen LogP contribution >= 0.6 is 11.6 Å². The summed E-state index contributed by atoms with van der Waals surface area (Å²) in [5.41, 5.74) is 1.15. The minimum absolute atomic E-state index is 0.154. The van der Waals surface area contributed by atoms with Gasteiger partial charge >= 0.3 is 0 Å². The van der Waals surface area contributed by atoms with Gasteiger partial charge in [-0.15, -0.1) is 0 Å². The van der Waals surface area contributed by atoms with Crippen LogP contribution in [0.4, 0.5) is 5.69 Å². The molecule has 96 valence electrons. The summed E-state index contributed by atoms with van der Waals surface area (Å²) in [6.45, 7) is -0.265. The van der Waals surface area contributed by atoms with Crippen molar-refractivity contribution in [3.63, 3.8) is 0 Å². The van der Waals surface area contributed by atoms with Crippen molar-refractivity contribution in [2.75, 3.05) is 11.9 Å². The first-order chi connectivity index (χ1) is 9.20. The third-order valence-electron chi connectivity index (χ3n) is 2.18. The third-order valence-corrected chi connectivity index (χ3v) is 2.41. The Morgan fingerprint density at radius 2 is 2.37 bits per heavy atom. The zero-order valence-electron chi connectivity index (χ0n) is 9.64. The number of H-pyrrole nitrogens is 1. The number of halogens is 1. The molecule has 0 unspecified atom stereocenters. The van der Waals surface area contributed by atoms with Gasteiger partial charge in [-0.1, -0.05) is 23.4 Å². The topological polar surface area (TPSA) is 90.9 Å². The molecule has 0 bridgehead atoms. The monoisotopic (exact) mass is 276 g/mol. The smallest absolute Gasteiger partial charge is 0.277 e.